The van der Waals surface area contributed by atoms with Gasteiger partial charge in [0.15, 0.2) is 0 Å². The van der Waals surface area contributed by atoms with Crippen LogP contribution in [0, 0.1) is 0 Å². The minimum Gasteiger partial charge on any atom is -0.465 e. The lowest BCUT2D eigenvalue weighted by Crippen LogP contribution is -2.14. The van der Waals surface area contributed by atoms with E-state index in [-0.39, 0.29) is 6.42 Å². The second-order valence-electron chi connectivity index (χ2n) is 3.95. The Hall–Kier alpha value is -1.58. The van der Waals surface area contributed by atoms with Crippen molar-refractivity contribution in [2.45, 2.75) is 46.0 Å². The molecule has 108 valence electrons. The molecule has 0 saturated heterocycles. The first-order chi connectivity index (χ1) is 9.20. The molecule has 0 radical (unpaired) electrons. The lowest BCUT2D eigenvalue weighted by atomic mass is 10.3. The van der Waals surface area contributed by atoms with E-state index in [1.807, 2.05) is 38.2 Å². The van der Waals surface area contributed by atoms with Gasteiger partial charge in [0.05, 0.1) is 13.2 Å². The minimum atomic E-state index is -0.529. The van der Waals surface area contributed by atoms with Crippen molar-refractivity contribution in [1.82, 2.24) is 0 Å². The number of ether oxygens (including phenoxy) is 2. The Morgan fingerprint density at radius 3 is 1.58 bits per heavy atom. The van der Waals surface area contributed by atoms with E-state index in [9.17, 15) is 9.59 Å². The predicted molar refractivity (Wildman–Crippen MR) is 74.6 cm³/mol. The van der Waals surface area contributed by atoms with Crippen molar-refractivity contribution in [1.29, 1.82) is 0 Å². The summed E-state index contributed by atoms with van der Waals surface area (Å²) in [6.45, 7) is 4.69. The molecule has 19 heavy (non-hydrogen) atoms. The Kier molecular flexibility index (Phi) is 11.8. The monoisotopic (exact) mass is 268 g/mol. The summed E-state index contributed by atoms with van der Waals surface area (Å²) in [6.07, 6.45) is 10.9. The van der Waals surface area contributed by atoms with Gasteiger partial charge < -0.3 is 9.47 Å². The summed E-state index contributed by atoms with van der Waals surface area (Å²) >= 11 is 0. The third-order valence-corrected chi connectivity index (χ3v) is 2.19. The Balaban J connectivity index is 3.55. The normalized spacial score (nSPS) is 11.1. The van der Waals surface area contributed by atoms with Gasteiger partial charge in [0.25, 0.3) is 0 Å². The maximum Gasteiger partial charge on any atom is 0.317 e. The van der Waals surface area contributed by atoms with Crippen molar-refractivity contribution in [3.05, 3.63) is 24.3 Å². The molecule has 0 N–H and O–H groups in total. The van der Waals surface area contributed by atoms with E-state index >= 15 is 0 Å². The summed E-state index contributed by atoms with van der Waals surface area (Å²) in [5.74, 6) is -1.06. The molecular weight excluding hydrogens is 244 g/mol. The van der Waals surface area contributed by atoms with Crippen LogP contribution in [0.3, 0.4) is 0 Å². The maximum atomic E-state index is 11.3. The van der Waals surface area contributed by atoms with Crippen LogP contribution in [0.5, 0.6) is 0 Å². The predicted octanol–water partition coefficient (Wildman–Crippen LogP) is 3.18. The molecule has 0 aromatic heterocycles. The van der Waals surface area contributed by atoms with Crippen LogP contribution < -0.4 is 0 Å². The zero-order valence-electron chi connectivity index (χ0n) is 11.9. The van der Waals surface area contributed by atoms with E-state index in [2.05, 4.69) is 0 Å². The lowest BCUT2D eigenvalue weighted by molar-refractivity contribution is -0.154. The first-order valence-corrected chi connectivity index (χ1v) is 6.81. The van der Waals surface area contributed by atoms with E-state index < -0.39 is 11.9 Å². The summed E-state index contributed by atoms with van der Waals surface area (Å²) in [7, 11) is 0. The SMILES string of the molecule is CCC=CCCOC(=O)CC(=O)OCCC=CCC. The maximum absolute atomic E-state index is 11.3. The summed E-state index contributed by atoms with van der Waals surface area (Å²) in [4.78, 5) is 22.5. The molecule has 0 atom stereocenters. The zero-order valence-corrected chi connectivity index (χ0v) is 11.9. The molecule has 0 rings (SSSR count). The highest BCUT2D eigenvalue weighted by Gasteiger charge is 2.11. The fourth-order valence-electron chi connectivity index (χ4n) is 1.27. The van der Waals surface area contributed by atoms with Gasteiger partial charge in [-0.3, -0.25) is 9.59 Å². The van der Waals surface area contributed by atoms with E-state index in [0.29, 0.717) is 26.1 Å². The van der Waals surface area contributed by atoms with Crippen molar-refractivity contribution in [3.63, 3.8) is 0 Å². The molecule has 0 fully saturated rings. The van der Waals surface area contributed by atoms with E-state index in [1.54, 1.807) is 0 Å². The third kappa shape index (κ3) is 12.7. The number of hydrogen-bond acceptors (Lipinski definition) is 4. The molecular formula is C15H24O4. The van der Waals surface area contributed by atoms with Gasteiger partial charge in [-0.2, -0.15) is 0 Å². The van der Waals surface area contributed by atoms with Gasteiger partial charge in [-0.25, -0.2) is 0 Å². The first kappa shape index (κ1) is 17.4. The van der Waals surface area contributed by atoms with Crippen LogP contribution in [-0.2, 0) is 19.1 Å². The van der Waals surface area contributed by atoms with Crippen LogP contribution in [0.4, 0.5) is 0 Å². The van der Waals surface area contributed by atoms with E-state index in [0.717, 1.165) is 12.8 Å². The second kappa shape index (κ2) is 12.9. The van der Waals surface area contributed by atoms with Crippen LogP contribution in [0.25, 0.3) is 0 Å². The smallest absolute Gasteiger partial charge is 0.317 e. The molecule has 0 aliphatic rings. The standard InChI is InChI=1S/C15H24O4/c1-3-5-7-9-11-18-14(16)13-15(17)19-12-10-8-6-4-2/h5-8H,3-4,9-13H2,1-2H3. The minimum absolute atomic E-state index is 0.307. The highest BCUT2D eigenvalue weighted by atomic mass is 16.6. The number of carbonyl (C=O) groups is 2. The second-order valence-corrected chi connectivity index (χ2v) is 3.95. The van der Waals surface area contributed by atoms with Gasteiger partial charge in [-0.1, -0.05) is 38.2 Å². The molecule has 0 aliphatic heterocycles. The Bertz CT molecular complexity index is 275. The molecule has 0 unspecified atom stereocenters. The van der Waals surface area contributed by atoms with Crippen molar-refractivity contribution in [2.75, 3.05) is 13.2 Å². The summed E-state index contributed by atoms with van der Waals surface area (Å²) in [6, 6.07) is 0. The molecule has 0 spiro atoms. The van der Waals surface area contributed by atoms with Crippen LogP contribution in [0.15, 0.2) is 24.3 Å². The average molecular weight is 268 g/mol. The van der Waals surface area contributed by atoms with Crippen LogP contribution >= 0.6 is 0 Å². The lowest BCUT2D eigenvalue weighted by Gasteiger charge is -2.04. The molecule has 0 aromatic carbocycles. The Morgan fingerprint density at radius 2 is 1.21 bits per heavy atom. The molecule has 0 aromatic rings. The average Bonchev–Trinajstić information content (AvgIpc) is 2.38. The number of esters is 2. The van der Waals surface area contributed by atoms with Gasteiger partial charge in [-0.15, -0.1) is 0 Å². The highest BCUT2D eigenvalue weighted by Crippen LogP contribution is 1.96. The van der Waals surface area contributed by atoms with Crippen molar-refractivity contribution in [3.8, 4) is 0 Å². The number of rotatable bonds is 10. The van der Waals surface area contributed by atoms with Crippen molar-refractivity contribution >= 4 is 11.9 Å². The van der Waals surface area contributed by atoms with Gasteiger partial charge in [0.2, 0.25) is 0 Å². The summed E-state index contributed by atoms with van der Waals surface area (Å²) in [5, 5.41) is 0. The number of hydrogen-bond donors (Lipinski definition) is 0. The highest BCUT2D eigenvalue weighted by molar-refractivity contribution is 5.91. The molecule has 0 aliphatic carbocycles. The summed E-state index contributed by atoms with van der Waals surface area (Å²) in [5.41, 5.74) is 0. The Morgan fingerprint density at radius 1 is 0.789 bits per heavy atom. The first-order valence-electron chi connectivity index (χ1n) is 6.81. The number of allylic oxidation sites excluding steroid dienone is 2. The largest absolute Gasteiger partial charge is 0.465 e. The van der Waals surface area contributed by atoms with Crippen molar-refractivity contribution in [2.24, 2.45) is 0 Å². The summed E-state index contributed by atoms with van der Waals surface area (Å²) < 4.78 is 9.80. The molecule has 0 bridgehead atoms. The van der Waals surface area contributed by atoms with Gasteiger partial charge in [-0.05, 0) is 25.7 Å². The van der Waals surface area contributed by atoms with Crippen LogP contribution in [-0.4, -0.2) is 25.2 Å². The molecule has 4 nitrogen and oxygen atoms in total. The van der Waals surface area contributed by atoms with Crippen LogP contribution in [0.2, 0.25) is 0 Å². The topological polar surface area (TPSA) is 52.6 Å². The third-order valence-electron chi connectivity index (χ3n) is 2.19. The molecule has 0 heterocycles. The van der Waals surface area contributed by atoms with Crippen LogP contribution in [0.1, 0.15) is 46.0 Å². The quantitative estimate of drug-likeness (QED) is 0.264. The van der Waals surface area contributed by atoms with E-state index in [4.69, 9.17) is 9.47 Å². The fraction of sp³-hybridized carbons (Fsp3) is 0.600. The number of carbonyl (C=O) groups excluding carboxylic acids is 2. The van der Waals surface area contributed by atoms with E-state index in [1.165, 1.54) is 0 Å². The molecule has 0 amide bonds. The van der Waals surface area contributed by atoms with Gasteiger partial charge in [0, 0.05) is 0 Å². The fourth-order valence-corrected chi connectivity index (χ4v) is 1.27. The molecule has 4 heteroatoms. The Labute approximate surface area is 115 Å². The van der Waals surface area contributed by atoms with Crippen molar-refractivity contribution < 1.29 is 19.1 Å². The van der Waals surface area contributed by atoms with Gasteiger partial charge in [0.1, 0.15) is 6.42 Å². The van der Waals surface area contributed by atoms with Gasteiger partial charge >= 0.3 is 11.9 Å². The zero-order chi connectivity index (χ0) is 14.3. The molecule has 0 saturated carbocycles.